The summed E-state index contributed by atoms with van der Waals surface area (Å²) in [6.07, 6.45) is 0.777. The zero-order valence-electron chi connectivity index (χ0n) is 16.8. The second kappa shape index (κ2) is 7.70. The number of carbonyl (C=O) groups excluding carboxylic acids is 3. The summed E-state index contributed by atoms with van der Waals surface area (Å²) in [5, 5.41) is 2.79. The number of fused-ring (bicyclic) bond motifs is 1. The van der Waals surface area contributed by atoms with E-state index in [-0.39, 0.29) is 12.5 Å². The van der Waals surface area contributed by atoms with Gasteiger partial charge in [0.15, 0.2) is 11.5 Å². The molecule has 1 fully saturated rings. The molecule has 1 N–H and O–H groups in total. The average Bonchev–Trinajstić information content (AvgIpc) is 2.93. The van der Waals surface area contributed by atoms with Crippen molar-refractivity contribution in [2.45, 2.75) is 25.4 Å². The number of esters is 1. The third-order valence-electron chi connectivity index (χ3n) is 5.32. The molecule has 0 unspecified atom stereocenters. The molecule has 1 atom stereocenters. The first-order valence-electron chi connectivity index (χ1n) is 9.64. The number of hydrogen-bond acceptors (Lipinski definition) is 6. The van der Waals surface area contributed by atoms with E-state index in [1.165, 1.54) is 7.11 Å². The van der Waals surface area contributed by atoms with Gasteiger partial charge in [-0.15, -0.1) is 0 Å². The van der Waals surface area contributed by atoms with Gasteiger partial charge in [-0.05, 0) is 42.3 Å². The number of methoxy groups -OCH3 is 1. The Morgan fingerprint density at radius 1 is 1.10 bits per heavy atom. The van der Waals surface area contributed by atoms with E-state index < -0.39 is 17.5 Å². The van der Waals surface area contributed by atoms with Crippen LogP contribution in [0.25, 0.3) is 0 Å². The highest BCUT2D eigenvalue weighted by Gasteiger charge is 2.49. The van der Waals surface area contributed by atoms with E-state index in [4.69, 9.17) is 9.47 Å². The minimum absolute atomic E-state index is 0.0895. The predicted octanol–water partition coefficient (Wildman–Crippen LogP) is 2.60. The lowest BCUT2D eigenvalue weighted by molar-refractivity contribution is -0.131. The number of benzene rings is 2. The Morgan fingerprint density at radius 2 is 1.80 bits per heavy atom. The highest BCUT2D eigenvalue weighted by atomic mass is 16.5. The van der Waals surface area contributed by atoms with Crippen LogP contribution in [0.5, 0.6) is 11.5 Å². The first kappa shape index (κ1) is 19.8. The fraction of sp³-hybridized carbons (Fsp3) is 0.318. The van der Waals surface area contributed by atoms with Crippen molar-refractivity contribution >= 4 is 17.9 Å². The Labute approximate surface area is 173 Å². The quantitative estimate of drug-likeness (QED) is 0.615. The SMILES string of the molecule is COC(=O)c1ccc(CN2C(=O)N[C@](C)(c3ccc4c(c3)OCCCO4)C2=O)cc1. The average molecular weight is 410 g/mol. The van der Waals surface area contributed by atoms with Crippen molar-refractivity contribution in [1.29, 1.82) is 0 Å². The summed E-state index contributed by atoms with van der Waals surface area (Å²) in [7, 11) is 1.31. The van der Waals surface area contributed by atoms with Crippen molar-refractivity contribution < 1.29 is 28.6 Å². The molecular formula is C22H22N2O6. The number of carbonyl (C=O) groups is 3. The molecule has 0 aromatic heterocycles. The smallest absolute Gasteiger partial charge is 0.337 e. The van der Waals surface area contributed by atoms with Crippen molar-refractivity contribution in [3.05, 3.63) is 59.2 Å². The second-order valence-electron chi connectivity index (χ2n) is 7.35. The van der Waals surface area contributed by atoms with Gasteiger partial charge in [-0.25, -0.2) is 9.59 Å². The van der Waals surface area contributed by atoms with Crippen molar-refractivity contribution in [1.82, 2.24) is 10.2 Å². The van der Waals surface area contributed by atoms with Crippen LogP contribution in [-0.4, -0.2) is 43.1 Å². The van der Waals surface area contributed by atoms with Crippen LogP contribution in [0.4, 0.5) is 4.79 Å². The molecule has 8 nitrogen and oxygen atoms in total. The normalized spacial score (nSPS) is 20.5. The number of nitrogens with zero attached hydrogens (tertiary/aromatic N) is 1. The summed E-state index contributed by atoms with van der Waals surface area (Å²) in [5.41, 5.74) is 0.520. The highest BCUT2D eigenvalue weighted by Crippen LogP contribution is 2.37. The van der Waals surface area contributed by atoms with Crippen molar-refractivity contribution in [3.63, 3.8) is 0 Å². The van der Waals surface area contributed by atoms with Crippen LogP contribution in [0, 0.1) is 0 Å². The van der Waals surface area contributed by atoms with Crippen LogP contribution in [0.2, 0.25) is 0 Å². The molecule has 0 bridgehead atoms. The van der Waals surface area contributed by atoms with Crippen LogP contribution in [0.1, 0.15) is 34.8 Å². The number of rotatable bonds is 4. The van der Waals surface area contributed by atoms with Crippen molar-refractivity contribution in [2.75, 3.05) is 20.3 Å². The second-order valence-corrected chi connectivity index (χ2v) is 7.35. The van der Waals surface area contributed by atoms with E-state index in [9.17, 15) is 14.4 Å². The van der Waals surface area contributed by atoms with E-state index in [1.807, 2.05) is 0 Å². The first-order chi connectivity index (χ1) is 14.4. The first-order valence-corrected chi connectivity index (χ1v) is 9.64. The monoisotopic (exact) mass is 410 g/mol. The molecule has 2 aliphatic heterocycles. The highest BCUT2D eigenvalue weighted by molar-refractivity contribution is 6.07. The Bertz CT molecular complexity index is 1000. The van der Waals surface area contributed by atoms with Gasteiger partial charge in [-0.3, -0.25) is 9.69 Å². The topological polar surface area (TPSA) is 94.2 Å². The zero-order valence-corrected chi connectivity index (χ0v) is 16.8. The predicted molar refractivity (Wildman–Crippen MR) is 106 cm³/mol. The molecule has 2 aliphatic rings. The van der Waals surface area contributed by atoms with Crippen LogP contribution >= 0.6 is 0 Å². The summed E-state index contributed by atoms with van der Waals surface area (Å²) < 4.78 is 16.0. The molecule has 156 valence electrons. The Balaban J connectivity index is 1.56. The summed E-state index contributed by atoms with van der Waals surface area (Å²) in [6.45, 7) is 2.86. The molecule has 0 saturated carbocycles. The molecule has 1 saturated heterocycles. The molecule has 30 heavy (non-hydrogen) atoms. The van der Waals surface area contributed by atoms with E-state index >= 15 is 0 Å². The third kappa shape index (κ3) is 3.45. The number of urea groups is 1. The largest absolute Gasteiger partial charge is 0.490 e. The minimum atomic E-state index is -1.21. The van der Waals surface area contributed by atoms with Gasteiger partial charge in [0.2, 0.25) is 0 Å². The summed E-state index contributed by atoms with van der Waals surface area (Å²) in [4.78, 5) is 38.5. The van der Waals surface area contributed by atoms with Gasteiger partial charge < -0.3 is 19.5 Å². The standard InChI is InChI=1S/C22H22N2O6/c1-22(16-8-9-17-18(12-16)30-11-3-10-29-17)20(26)24(21(27)23-22)13-14-4-6-15(7-5-14)19(25)28-2/h4-9,12H,3,10-11,13H2,1-2H3,(H,23,27)/t22-/m1/s1. The molecule has 8 heteroatoms. The fourth-order valence-corrected chi connectivity index (χ4v) is 3.56. The molecule has 4 rings (SSSR count). The van der Waals surface area contributed by atoms with Gasteiger partial charge in [0.05, 0.1) is 32.4 Å². The molecule has 2 aromatic rings. The number of ether oxygens (including phenoxy) is 3. The maximum Gasteiger partial charge on any atom is 0.337 e. The summed E-state index contributed by atoms with van der Waals surface area (Å²) >= 11 is 0. The summed E-state index contributed by atoms with van der Waals surface area (Å²) in [5.74, 6) is 0.377. The Morgan fingerprint density at radius 3 is 2.50 bits per heavy atom. The molecule has 2 aromatic carbocycles. The van der Waals surface area contributed by atoms with Crippen LogP contribution in [0.15, 0.2) is 42.5 Å². The number of nitrogens with one attached hydrogen (secondary N) is 1. The van der Waals surface area contributed by atoms with E-state index in [2.05, 4.69) is 10.1 Å². The maximum absolute atomic E-state index is 13.2. The zero-order chi connectivity index (χ0) is 21.3. The lowest BCUT2D eigenvalue weighted by Gasteiger charge is -2.23. The molecule has 2 heterocycles. The maximum atomic E-state index is 13.2. The van der Waals surface area contributed by atoms with Crippen LogP contribution < -0.4 is 14.8 Å². The molecule has 0 spiro atoms. The van der Waals surface area contributed by atoms with Gasteiger partial charge in [0, 0.05) is 6.42 Å². The summed E-state index contributed by atoms with van der Waals surface area (Å²) in [6, 6.07) is 11.4. The number of amides is 3. The van der Waals surface area contributed by atoms with Crippen LogP contribution in [-0.2, 0) is 21.6 Å². The van der Waals surface area contributed by atoms with Gasteiger partial charge in [-0.1, -0.05) is 18.2 Å². The minimum Gasteiger partial charge on any atom is -0.490 e. The number of hydrogen-bond donors (Lipinski definition) is 1. The van der Waals surface area contributed by atoms with Gasteiger partial charge in [0.25, 0.3) is 5.91 Å². The van der Waals surface area contributed by atoms with Gasteiger partial charge in [0.1, 0.15) is 5.54 Å². The molecular weight excluding hydrogens is 388 g/mol. The lowest BCUT2D eigenvalue weighted by Crippen LogP contribution is -2.40. The Hall–Kier alpha value is -3.55. The lowest BCUT2D eigenvalue weighted by atomic mass is 9.91. The van der Waals surface area contributed by atoms with Crippen LogP contribution in [0.3, 0.4) is 0 Å². The van der Waals surface area contributed by atoms with Gasteiger partial charge >= 0.3 is 12.0 Å². The van der Waals surface area contributed by atoms with Crippen molar-refractivity contribution in [3.8, 4) is 11.5 Å². The molecule has 0 radical (unpaired) electrons. The molecule has 0 aliphatic carbocycles. The van der Waals surface area contributed by atoms with E-state index in [0.29, 0.717) is 41.4 Å². The van der Waals surface area contributed by atoms with E-state index in [1.54, 1.807) is 49.4 Å². The number of imide groups is 1. The third-order valence-corrected chi connectivity index (χ3v) is 5.32. The fourth-order valence-electron chi connectivity index (χ4n) is 3.56. The molecule has 3 amide bonds. The van der Waals surface area contributed by atoms with E-state index in [0.717, 1.165) is 11.3 Å². The van der Waals surface area contributed by atoms with Crippen molar-refractivity contribution in [2.24, 2.45) is 0 Å². The van der Waals surface area contributed by atoms with Gasteiger partial charge in [-0.2, -0.15) is 0 Å². The Kier molecular flexibility index (Phi) is 5.07.